The third-order valence-corrected chi connectivity index (χ3v) is 3.76. The van der Waals surface area contributed by atoms with Gasteiger partial charge in [0.05, 0.1) is 19.3 Å². The predicted octanol–water partition coefficient (Wildman–Crippen LogP) is 2.60. The summed E-state index contributed by atoms with van der Waals surface area (Å²) >= 11 is 0. The van der Waals surface area contributed by atoms with Crippen molar-refractivity contribution in [3.05, 3.63) is 65.4 Å². The Morgan fingerprint density at radius 3 is 2.83 bits per heavy atom. The van der Waals surface area contributed by atoms with Crippen molar-refractivity contribution in [2.75, 3.05) is 7.11 Å². The third kappa shape index (κ3) is 3.19. The number of fused-ring (bicyclic) bond motifs is 1. The summed E-state index contributed by atoms with van der Waals surface area (Å²) in [6, 6.07) is 13.1. The number of aliphatic hydroxyl groups is 1. The maximum Gasteiger partial charge on any atom is 0.253 e. The van der Waals surface area contributed by atoms with Crippen molar-refractivity contribution in [2.45, 2.75) is 13.2 Å². The van der Waals surface area contributed by atoms with Gasteiger partial charge in [-0.1, -0.05) is 24.3 Å². The molecule has 0 saturated carbocycles. The van der Waals surface area contributed by atoms with E-state index in [0.29, 0.717) is 17.9 Å². The fourth-order valence-electron chi connectivity index (χ4n) is 2.53. The molecule has 118 valence electrons. The van der Waals surface area contributed by atoms with Crippen LogP contribution < -0.4 is 10.1 Å². The van der Waals surface area contributed by atoms with E-state index in [9.17, 15) is 4.79 Å². The Balaban J connectivity index is 1.77. The van der Waals surface area contributed by atoms with Crippen LogP contribution in [-0.4, -0.2) is 23.1 Å². The molecule has 3 N–H and O–H groups in total. The molecule has 0 atom stereocenters. The second-order valence-corrected chi connectivity index (χ2v) is 5.27. The molecule has 3 aromatic rings. The van der Waals surface area contributed by atoms with E-state index in [-0.39, 0.29) is 12.5 Å². The summed E-state index contributed by atoms with van der Waals surface area (Å²) < 4.78 is 5.21. The molecule has 1 heterocycles. The van der Waals surface area contributed by atoms with Gasteiger partial charge in [-0.15, -0.1) is 0 Å². The van der Waals surface area contributed by atoms with Crippen molar-refractivity contribution < 1.29 is 14.6 Å². The standard InChI is InChI=1S/C18H18N2O3/c1-23-14-5-6-17-15(8-14)16(10-19-17)18(22)20-9-12-3-2-4-13(7-12)11-21/h2-8,10,19,21H,9,11H2,1H3,(H,20,22). The Labute approximate surface area is 133 Å². The van der Waals surface area contributed by atoms with Gasteiger partial charge in [-0.25, -0.2) is 0 Å². The summed E-state index contributed by atoms with van der Waals surface area (Å²) in [6.45, 7) is 0.396. The van der Waals surface area contributed by atoms with Crippen molar-refractivity contribution >= 4 is 16.8 Å². The van der Waals surface area contributed by atoms with E-state index >= 15 is 0 Å². The minimum Gasteiger partial charge on any atom is -0.497 e. The van der Waals surface area contributed by atoms with E-state index in [1.165, 1.54) is 0 Å². The number of aromatic nitrogens is 1. The molecule has 3 rings (SSSR count). The fraction of sp³-hybridized carbons (Fsp3) is 0.167. The van der Waals surface area contributed by atoms with Crippen molar-refractivity contribution in [3.63, 3.8) is 0 Å². The molecule has 0 unspecified atom stereocenters. The number of carbonyl (C=O) groups is 1. The molecule has 5 heteroatoms. The zero-order valence-corrected chi connectivity index (χ0v) is 12.8. The summed E-state index contributed by atoms with van der Waals surface area (Å²) in [5, 5.41) is 12.9. The lowest BCUT2D eigenvalue weighted by atomic mass is 10.1. The third-order valence-electron chi connectivity index (χ3n) is 3.76. The van der Waals surface area contributed by atoms with Crippen LogP contribution in [-0.2, 0) is 13.2 Å². The monoisotopic (exact) mass is 310 g/mol. The number of H-pyrrole nitrogens is 1. The van der Waals surface area contributed by atoms with Crippen LogP contribution in [0.1, 0.15) is 21.5 Å². The summed E-state index contributed by atoms with van der Waals surface area (Å²) in [5.41, 5.74) is 3.24. The Kier molecular flexibility index (Phi) is 4.30. The van der Waals surface area contributed by atoms with Gasteiger partial charge in [-0.05, 0) is 29.3 Å². The second-order valence-electron chi connectivity index (χ2n) is 5.27. The largest absolute Gasteiger partial charge is 0.497 e. The molecular formula is C18H18N2O3. The second kappa shape index (κ2) is 6.54. The minimum atomic E-state index is -0.154. The maximum atomic E-state index is 12.4. The highest BCUT2D eigenvalue weighted by Crippen LogP contribution is 2.23. The van der Waals surface area contributed by atoms with Crippen LogP contribution in [0.3, 0.4) is 0 Å². The number of amides is 1. The summed E-state index contributed by atoms with van der Waals surface area (Å²) in [6.07, 6.45) is 1.70. The first kappa shape index (κ1) is 15.1. The number of ether oxygens (including phenoxy) is 1. The zero-order chi connectivity index (χ0) is 16.2. The number of benzene rings is 2. The highest BCUT2D eigenvalue weighted by atomic mass is 16.5. The van der Waals surface area contributed by atoms with Gasteiger partial charge < -0.3 is 20.1 Å². The number of aromatic amines is 1. The molecule has 0 bridgehead atoms. The summed E-state index contributed by atoms with van der Waals surface area (Å²) in [7, 11) is 1.60. The lowest BCUT2D eigenvalue weighted by molar-refractivity contribution is 0.0952. The van der Waals surface area contributed by atoms with Crippen molar-refractivity contribution in [1.29, 1.82) is 0 Å². The first-order valence-electron chi connectivity index (χ1n) is 7.33. The smallest absolute Gasteiger partial charge is 0.253 e. The average Bonchev–Trinajstić information content (AvgIpc) is 3.02. The van der Waals surface area contributed by atoms with Crippen LogP contribution in [0, 0.1) is 0 Å². The molecule has 0 radical (unpaired) electrons. The Morgan fingerprint density at radius 1 is 1.22 bits per heavy atom. The molecule has 2 aromatic carbocycles. The van der Waals surface area contributed by atoms with Gasteiger partial charge >= 0.3 is 0 Å². The minimum absolute atomic E-state index is 0.00989. The number of hydrogen-bond acceptors (Lipinski definition) is 3. The summed E-state index contributed by atoms with van der Waals surface area (Å²) in [5.74, 6) is 0.556. The maximum absolute atomic E-state index is 12.4. The van der Waals surface area contributed by atoms with Crippen molar-refractivity contribution in [1.82, 2.24) is 10.3 Å². The van der Waals surface area contributed by atoms with E-state index in [2.05, 4.69) is 10.3 Å². The van der Waals surface area contributed by atoms with Crippen molar-refractivity contribution in [3.8, 4) is 5.75 Å². The highest BCUT2D eigenvalue weighted by Gasteiger charge is 2.12. The van der Waals surface area contributed by atoms with E-state index in [4.69, 9.17) is 9.84 Å². The molecule has 0 aliphatic rings. The highest BCUT2D eigenvalue weighted by molar-refractivity contribution is 6.07. The molecular weight excluding hydrogens is 292 g/mol. The number of carbonyl (C=O) groups excluding carboxylic acids is 1. The molecule has 0 aliphatic heterocycles. The summed E-state index contributed by atoms with van der Waals surface area (Å²) in [4.78, 5) is 15.5. The molecule has 0 fully saturated rings. The van der Waals surface area contributed by atoms with Gasteiger partial charge in [-0.3, -0.25) is 4.79 Å². The lowest BCUT2D eigenvalue weighted by Gasteiger charge is -2.06. The Bertz CT molecular complexity index is 839. The van der Waals surface area contributed by atoms with Gasteiger partial charge in [0, 0.05) is 23.6 Å². The van der Waals surface area contributed by atoms with Crippen LogP contribution in [0.4, 0.5) is 0 Å². The van der Waals surface area contributed by atoms with Crippen LogP contribution in [0.15, 0.2) is 48.7 Å². The van der Waals surface area contributed by atoms with Crippen LogP contribution in [0.5, 0.6) is 5.75 Å². The molecule has 0 spiro atoms. The number of nitrogens with one attached hydrogen (secondary N) is 2. The Morgan fingerprint density at radius 2 is 2.04 bits per heavy atom. The number of rotatable bonds is 5. The number of methoxy groups -OCH3 is 1. The van der Waals surface area contributed by atoms with E-state index in [1.807, 2.05) is 42.5 Å². The van der Waals surface area contributed by atoms with Gasteiger partial charge in [0.25, 0.3) is 5.91 Å². The van der Waals surface area contributed by atoms with Crippen LogP contribution in [0.2, 0.25) is 0 Å². The van der Waals surface area contributed by atoms with Gasteiger partial charge in [-0.2, -0.15) is 0 Å². The quantitative estimate of drug-likeness (QED) is 0.678. The van der Waals surface area contributed by atoms with E-state index < -0.39 is 0 Å². The number of hydrogen-bond donors (Lipinski definition) is 3. The molecule has 0 saturated heterocycles. The molecule has 1 amide bonds. The molecule has 5 nitrogen and oxygen atoms in total. The lowest BCUT2D eigenvalue weighted by Crippen LogP contribution is -2.22. The number of aliphatic hydroxyl groups excluding tert-OH is 1. The van der Waals surface area contributed by atoms with Gasteiger partial charge in [0.1, 0.15) is 5.75 Å². The normalized spacial score (nSPS) is 10.7. The zero-order valence-electron chi connectivity index (χ0n) is 12.8. The first-order valence-corrected chi connectivity index (χ1v) is 7.33. The SMILES string of the molecule is COc1ccc2[nH]cc(C(=O)NCc3cccc(CO)c3)c2c1. The van der Waals surface area contributed by atoms with E-state index in [1.54, 1.807) is 13.3 Å². The van der Waals surface area contributed by atoms with Gasteiger partial charge in [0.2, 0.25) is 0 Å². The molecule has 1 aromatic heterocycles. The average molecular weight is 310 g/mol. The topological polar surface area (TPSA) is 74.4 Å². The first-order chi connectivity index (χ1) is 11.2. The van der Waals surface area contributed by atoms with E-state index in [0.717, 1.165) is 22.0 Å². The Hall–Kier alpha value is -2.79. The van der Waals surface area contributed by atoms with Crippen LogP contribution in [0.25, 0.3) is 10.9 Å². The van der Waals surface area contributed by atoms with Gasteiger partial charge in [0.15, 0.2) is 0 Å². The van der Waals surface area contributed by atoms with Crippen molar-refractivity contribution in [2.24, 2.45) is 0 Å². The fourth-order valence-corrected chi connectivity index (χ4v) is 2.53. The predicted molar refractivity (Wildman–Crippen MR) is 88.4 cm³/mol. The van der Waals surface area contributed by atoms with Crippen LogP contribution >= 0.6 is 0 Å². The molecule has 0 aliphatic carbocycles. The molecule has 23 heavy (non-hydrogen) atoms.